The van der Waals surface area contributed by atoms with E-state index < -0.39 is 16.4 Å². The van der Waals surface area contributed by atoms with Crippen molar-refractivity contribution in [2.24, 2.45) is 0 Å². The molecule has 0 saturated heterocycles. The molecule has 0 aliphatic carbocycles. The smallest absolute Gasteiger partial charge is 0.310 e. The van der Waals surface area contributed by atoms with E-state index in [4.69, 9.17) is 4.74 Å². The monoisotopic (exact) mass is 398 g/mol. The van der Waals surface area contributed by atoms with E-state index >= 15 is 0 Å². The van der Waals surface area contributed by atoms with Gasteiger partial charge in [-0.3, -0.25) is 14.9 Å². The van der Waals surface area contributed by atoms with Crippen molar-refractivity contribution in [3.05, 3.63) is 86.1 Å². The maximum atomic E-state index is 13.1. The molecule has 0 atom stereocenters. The minimum absolute atomic E-state index is 0.176. The SMILES string of the molecule is COc1ccccc1CN(Cc1cccs1)C(=O)c1ccc([N+](=O)[O-])c(O)c1. The second-order valence-electron chi connectivity index (χ2n) is 6.01. The molecule has 0 aliphatic rings. The minimum atomic E-state index is -0.693. The normalized spacial score (nSPS) is 10.5. The van der Waals surface area contributed by atoms with Crippen molar-refractivity contribution in [1.82, 2.24) is 4.90 Å². The summed E-state index contributed by atoms with van der Waals surface area (Å²) < 4.78 is 5.38. The number of amides is 1. The van der Waals surface area contributed by atoms with E-state index in [9.17, 15) is 20.0 Å². The standard InChI is InChI=1S/C20H18N2O5S/c1-27-19-7-3-2-5-15(19)12-21(13-16-6-4-10-28-16)20(24)14-8-9-17(22(25)26)18(23)11-14/h2-11,23H,12-13H2,1H3. The number of hydrogen-bond acceptors (Lipinski definition) is 6. The highest BCUT2D eigenvalue weighted by molar-refractivity contribution is 7.09. The lowest BCUT2D eigenvalue weighted by Gasteiger charge is -2.23. The van der Waals surface area contributed by atoms with Gasteiger partial charge in [0.1, 0.15) is 5.75 Å². The predicted octanol–water partition coefficient (Wildman–Crippen LogP) is 4.21. The number of nitrogens with zero attached hydrogens (tertiary/aromatic N) is 2. The van der Waals surface area contributed by atoms with Crippen LogP contribution in [-0.2, 0) is 13.1 Å². The van der Waals surface area contributed by atoms with Crippen LogP contribution in [0, 0.1) is 10.1 Å². The number of hydrogen-bond donors (Lipinski definition) is 1. The molecular weight excluding hydrogens is 380 g/mol. The number of rotatable bonds is 7. The van der Waals surface area contributed by atoms with Gasteiger partial charge in [0, 0.05) is 22.1 Å². The number of nitro groups is 1. The van der Waals surface area contributed by atoms with E-state index in [0.717, 1.165) is 22.6 Å². The minimum Gasteiger partial charge on any atom is -0.502 e. The van der Waals surface area contributed by atoms with Gasteiger partial charge in [-0.1, -0.05) is 24.3 Å². The number of carbonyl (C=O) groups is 1. The Morgan fingerprint density at radius 2 is 1.96 bits per heavy atom. The Morgan fingerprint density at radius 3 is 2.61 bits per heavy atom. The van der Waals surface area contributed by atoms with Crippen molar-refractivity contribution >= 4 is 22.9 Å². The highest BCUT2D eigenvalue weighted by atomic mass is 32.1. The van der Waals surface area contributed by atoms with Gasteiger partial charge in [0.05, 0.1) is 25.1 Å². The van der Waals surface area contributed by atoms with E-state index in [1.807, 2.05) is 41.8 Å². The van der Waals surface area contributed by atoms with E-state index in [1.165, 1.54) is 17.4 Å². The van der Waals surface area contributed by atoms with E-state index in [2.05, 4.69) is 0 Å². The van der Waals surface area contributed by atoms with Gasteiger partial charge in [0.2, 0.25) is 0 Å². The number of aromatic hydroxyl groups is 1. The first-order valence-electron chi connectivity index (χ1n) is 8.40. The highest BCUT2D eigenvalue weighted by Gasteiger charge is 2.22. The van der Waals surface area contributed by atoms with Gasteiger partial charge in [-0.15, -0.1) is 11.3 Å². The summed E-state index contributed by atoms with van der Waals surface area (Å²) in [6.45, 7) is 0.658. The molecule has 0 aliphatic heterocycles. The van der Waals surface area contributed by atoms with Crippen LogP contribution in [0.15, 0.2) is 60.0 Å². The second kappa shape index (κ2) is 8.53. The van der Waals surface area contributed by atoms with Crippen molar-refractivity contribution in [1.29, 1.82) is 0 Å². The van der Waals surface area contributed by atoms with Crippen LogP contribution in [0.1, 0.15) is 20.8 Å². The third kappa shape index (κ3) is 4.29. The van der Waals surface area contributed by atoms with Crippen LogP contribution in [0.25, 0.3) is 0 Å². The third-order valence-electron chi connectivity index (χ3n) is 4.19. The van der Waals surface area contributed by atoms with Gasteiger partial charge in [0.15, 0.2) is 5.75 Å². The Hall–Kier alpha value is -3.39. The number of phenolic OH excluding ortho intramolecular Hbond substituents is 1. The van der Waals surface area contributed by atoms with Gasteiger partial charge in [0.25, 0.3) is 5.91 Å². The van der Waals surface area contributed by atoms with Crippen molar-refractivity contribution in [3.8, 4) is 11.5 Å². The quantitative estimate of drug-likeness (QED) is 0.475. The first kappa shape index (κ1) is 19.4. The molecule has 144 valence electrons. The molecule has 0 fully saturated rings. The van der Waals surface area contributed by atoms with Crippen LogP contribution in [0.3, 0.4) is 0 Å². The molecule has 3 rings (SSSR count). The molecule has 0 bridgehead atoms. The van der Waals surface area contributed by atoms with Crippen molar-refractivity contribution < 1.29 is 19.6 Å². The Kier molecular flexibility index (Phi) is 5.90. The van der Waals surface area contributed by atoms with Crippen LogP contribution in [0.2, 0.25) is 0 Å². The summed E-state index contributed by atoms with van der Waals surface area (Å²) in [5.74, 6) is -0.216. The summed E-state index contributed by atoms with van der Waals surface area (Å²) in [6, 6.07) is 14.9. The largest absolute Gasteiger partial charge is 0.502 e. The van der Waals surface area contributed by atoms with Crippen LogP contribution >= 0.6 is 11.3 Å². The number of nitro benzene ring substituents is 1. The Morgan fingerprint density at radius 1 is 1.18 bits per heavy atom. The molecule has 1 amide bonds. The number of benzene rings is 2. The first-order valence-corrected chi connectivity index (χ1v) is 9.28. The molecule has 3 aromatic rings. The molecule has 2 aromatic carbocycles. The van der Waals surface area contributed by atoms with Crippen LogP contribution in [0.5, 0.6) is 11.5 Å². The highest BCUT2D eigenvalue weighted by Crippen LogP contribution is 2.28. The molecule has 7 nitrogen and oxygen atoms in total. The van der Waals surface area contributed by atoms with Crippen molar-refractivity contribution in [3.63, 3.8) is 0 Å². The van der Waals surface area contributed by atoms with Crippen LogP contribution in [0.4, 0.5) is 5.69 Å². The van der Waals surface area contributed by atoms with E-state index in [1.54, 1.807) is 12.0 Å². The summed E-state index contributed by atoms with van der Waals surface area (Å²) in [6.07, 6.45) is 0. The van der Waals surface area contributed by atoms with Crippen LogP contribution < -0.4 is 4.74 Å². The number of thiophene rings is 1. The van der Waals surface area contributed by atoms with Gasteiger partial charge < -0.3 is 14.7 Å². The second-order valence-corrected chi connectivity index (χ2v) is 7.05. The Labute approximate surface area is 165 Å². The zero-order valence-electron chi connectivity index (χ0n) is 15.1. The summed E-state index contributed by atoms with van der Waals surface area (Å²) in [5.41, 5.74) is 0.571. The lowest BCUT2D eigenvalue weighted by atomic mass is 10.1. The lowest BCUT2D eigenvalue weighted by molar-refractivity contribution is -0.385. The van der Waals surface area contributed by atoms with E-state index in [-0.39, 0.29) is 11.5 Å². The Balaban J connectivity index is 1.93. The topological polar surface area (TPSA) is 92.9 Å². The zero-order chi connectivity index (χ0) is 20.1. The fourth-order valence-electron chi connectivity index (χ4n) is 2.82. The molecule has 0 unspecified atom stereocenters. The molecule has 1 aromatic heterocycles. The fraction of sp³-hybridized carbons (Fsp3) is 0.150. The summed E-state index contributed by atoms with van der Waals surface area (Å²) in [7, 11) is 1.57. The van der Waals surface area contributed by atoms with Crippen molar-refractivity contribution in [2.45, 2.75) is 13.1 Å². The number of ether oxygens (including phenoxy) is 1. The van der Waals surface area contributed by atoms with Gasteiger partial charge in [-0.2, -0.15) is 0 Å². The molecular formula is C20H18N2O5S. The van der Waals surface area contributed by atoms with E-state index in [0.29, 0.717) is 18.8 Å². The summed E-state index contributed by atoms with van der Waals surface area (Å²) >= 11 is 1.53. The van der Waals surface area contributed by atoms with Gasteiger partial charge in [-0.25, -0.2) is 0 Å². The number of methoxy groups -OCH3 is 1. The van der Waals surface area contributed by atoms with Crippen LogP contribution in [-0.4, -0.2) is 27.9 Å². The van der Waals surface area contributed by atoms with Crippen molar-refractivity contribution in [2.75, 3.05) is 7.11 Å². The van der Waals surface area contributed by atoms with Gasteiger partial charge >= 0.3 is 5.69 Å². The third-order valence-corrected chi connectivity index (χ3v) is 5.05. The molecule has 0 spiro atoms. The number of phenols is 1. The zero-order valence-corrected chi connectivity index (χ0v) is 15.9. The average Bonchev–Trinajstić information content (AvgIpc) is 3.20. The Bertz CT molecular complexity index is 988. The maximum absolute atomic E-state index is 13.1. The molecule has 0 saturated carbocycles. The maximum Gasteiger partial charge on any atom is 0.310 e. The lowest BCUT2D eigenvalue weighted by Crippen LogP contribution is -2.30. The average molecular weight is 398 g/mol. The fourth-order valence-corrected chi connectivity index (χ4v) is 3.54. The molecule has 28 heavy (non-hydrogen) atoms. The number of para-hydroxylation sites is 1. The molecule has 1 heterocycles. The summed E-state index contributed by atoms with van der Waals surface area (Å²) in [4.78, 5) is 25.9. The summed E-state index contributed by atoms with van der Waals surface area (Å²) in [5, 5.41) is 22.7. The molecule has 1 N–H and O–H groups in total. The first-order chi connectivity index (χ1) is 13.5. The van der Waals surface area contributed by atoms with Gasteiger partial charge in [-0.05, 0) is 29.6 Å². The molecule has 8 heteroatoms. The number of carbonyl (C=O) groups excluding carboxylic acids is 1. The molecule has 0 radical (unpaired) electrons. The predicted molar refractivity (Wildman–Crippen MR) is 106 cm³/mol.